The molecule has 0 amide bonds. The van der Waals surface area contributed by atoms with Gasteiger partial charge in [0.2, 0.25) is 0 Å². The Balaban J connectivity index is 1.93. The molecule has 1 unspecified atom stereocenters. The third kappa shape index (κ3) is 3.25. The van der Waals surface area contributed by atoms with E-state index in [0.717, 1.165) is 0 Å². The van der Waals surface area contributed by atoms with E-state index in [0.29, 0.717) is 5.92 Å². The minimum Gasteiger partial charge on any atom is -0.0582 e. The molecule has 2 aromatic carbocycles. The highest BCUT2D eigenvalue weighted by Gasteiger charge is 2.59. The maximum atomic E-state index is 3.87. The molecule has 5 rings (SSSR count). The minimum atomic E-state index is -0.144. The van der Waals surface area contributed by atoms with Crippen LogP contribution in [0.15, 0.2) is 65.3 Å². The van der Waals surface area contributed by atoms with Crippen molar-refractivity contribution in [3.05, 3.63) is 93.6 Å². The Kier molecular flexibility index (Phi) is 4.79. The Labute approximate surface area is 190 Å². The number of hydrogen-bond acceptors (Lipinski definition) is 0. The molecule has 0 fully saturated rings. The molecule has 31 heavy (non-hydrogen) atoms. The van der Waals surface area contributed by atoms with Crippen molar-refractivity contribution in [2.24, 2.45) is 11.3 Å². The van der Waals surface area contributed by atoms with E-state index in [2.05, 4.69) is 124 Å². The molecule has 163 valence electrons. The highest BCUT2D eigenvalue weighted by molar-refractivity contribution is 5.77. The van der Waals surface area contributed by atoms with Gasteiger partial charge in [0.05, 0.1) is 5.41 Å². The van der Waals surface area contributed by atoms with Crippen LogP contribution in [0.1, 0.15) is 91.5 Å². The fraction of sp³-hybridized carbons (Fsp3) is 0.484. The van der Waals surface area contributed by atoms with Crippen LogP contribution in [0, 0.1) is 17.4 Å². The average molecular weight is 412 g/mol. The van der Waals surface area contributed by atoms with Gasteiger partial charge in [0.25, 0.3) is 0 Å². The van der Waals surface area contributed by atoms with Crippen LogP contribution in [-0.4, -0.2) is 0 Å². The summed E-state index contributed by atoms with van der Waals surface area (Å²) in [5.74, 6) is 0.369. The molecule has 0 saturated carbocycles. The zero-order chi connectivity index (χ0) is 23.0. The van der Waals surface area contributed by atoms with Crippen molar-refractivity contribution in [3.8, 4) is 0 Å². The Morgan fingerprint density at radius 3 is 1.26 bits per heavy atom. The fourth-order valence-corrected chi connectivity index (χ4v) is 5.58. The van der Waals surface area contributed by atoms with Crippen molar-refractivity contribution in [3.63, 3.8) is 0 Å². The molecule has 1 radical (unpaired) electrons. The quantitative estimate of drug-likeness (QED) is 0.466. The first-order valence-electron chi connectivity index (χ1n) is 11.8. The molecule has 3 aliphatic rings. The Morgan fingerprint density at radius 1 is 0.613 bits per heavy atom. The predicted molar refractivity (Wildman–Crippen MR) is 133 cm³/mol. The maximum Gasteiger partial charge on any atom is 0.0679 e. The van der Waals surface area contributed by atoms with Crippen molar-refractivity contribution in [2.45, 2.75) is 85.5 Å². The topological polar surface area (TPSA) is 0 Å². The third-order valence-corrected chi connectivity index (χ3v) is 7.21. The summed E-state index contributed by atoms with van der Waals surface area (Å²) in [6.07, 6.45) is 3.87. The van der Waals surface area contributed by atoms with E-state index in [-0.39, 0.29) is 21.7 Å². The lowest BCUT2D eigenvalue weighted by Crippen LogP contribution is -2.43. The Bertz CT molecular complexity index is 992. The lowest BCUT2D eigenvalue weighted by atomic mass is 9.51. The van der Waals surface area contributed by atoms with E-state index in [1.165, 1.54) is 33.4 Å². The van der Waals surface area contributed by atoms with Crippen molar-refractivity contribution in [1.82, 2.24) is 0 Å². The Morgan fingerprint density at radius 2 is 1.00 bits per heavy atom. The molecule has 0 nitrogen and oxygen atoms in total. The molecule has 0 spiro atoms. The summed E-state index contributed by atoms with van der Waals surface area (Å²) in [7, 11) is 0. The first-order chi connectivity index (χ1) is 14.2. The van der Waals surface area contributed by atoms with E-state index < -0.39 is 0 Å². The van der Waals surface area contributed by atoms with Gasteiger partial charge in [-0.1, -0.05) is 118 Å². The van der Waals surface area contributed by atoms with Gasteiger partial charge in [0.1, 0.15) is 0 Å². The molecule has 0 heterocycles. The molecular formula is C31H39. The highest BCUT2D eigenvalue weighted by Crippen LogP contribution is 2.67. The van der Waals surface area contributed by atoms with Crippen LogP contribution in [0.4, 0.5) is 0 Å². The van der Waals surface area contributed by atoms with Gasteiger partial charge in [-0.15, -0.1) is 0 Å². The van der Waals surface area contributed by atoms with Gasteiger partial charge >= 0.3 is 0 Å². The molecule has 0 N–H and O–H groups in total. The lowest BCUT2D eigenvalue weighted by Gasteiger charge is -2.50. The SMILES string of the molecule is CC1[C]=C2C(C(C)(C)C)=C1C2(c1ccc(C(C)(C)C)cc1)c1ccc(C(C)(C)C)cc1. The maximum absolute atomic E-state index is 3.87. The van der Waals surface area contributed by atoms with Gasteiger partial charge in [0, 0.05) is 5.92 Å². The van der Waals surface area contributed by atoms with Crippen LogP contribution < -0.4 is 0 Å². The predicted octanol–water partition coefficient (Wildman–Crippen LogP) is 8.30. The second kappa shape index (κ2) is 6.71. The van der Waals surface area contributed by atoms with Crippen LogP contribution in [0.3, 0.4) is 0 Å². The van der Waals surface area contributed by atoms with E-state index in [1.54, 1.807) is 5.57 Å². The van der Waals surface area contributed by atoms with Crippen molar-refractivity contribution in [1.29, 1.82) is 0 Å². The number of benzene rings is 2. The molecule has 0 aromatic heterocycles. The van der Waals surface area contributed by atoms with Crippen LogP contribution in [-0.2, 0) is 16.2 Å². The zero-order valence-electron chi connectivity index (χ0n) is 21.2. The largest absolute Gasteiger partial charge is 0.0679 e. The summed E-state index contributed by atoms with van der Waals surface area (Å²) in [5.41, 5.74) is 10.4. The molecule has 0 heteroatoms. The van der Waals surface area contributed by atoms with Crippen LogP contribution in [0.2, 0.25) is 0 Å². The van der Waals surface area contributed by atoms with Gasteiger partial charge < -0.3 is 0 Å². The monoisotopic (exact) mass is 411 g/mol. The van der Waals surface area contributed by atoms with Crippen molar-refractivity contribution < 1.29 is 0 Å². The summed E-state index contributed by atoms with van der Waals surface area (Å²) in [6.45, 7) is 23.1. The summed E-state index contributed by atoms with van der Waals surface area (Å²) < 4.78 is 0. The smallest absolute Gasteiger partial charge is 0.0582 e. The van der Waals surface area contributed by atoms with Crippen molar-refractivity contribution in [2.75, 3.05) is 0 Å². The second-order valence-corrected chi connectivity index (χ2v) is 12.7. The van der Waals surface area contributed by atoms with Crippen LogP contribution >= 0.6 is 0 Å². The number of fused-ring (bicyclic) bond motifs is 1. The minimum absolute atomic E-state index is 0.141. The summed E-state index contributed by atoms with van der Waals surface area (Å²) in [5, 5.41) is 0. The molecule has 2 bridgehead atoms. The molecule has 3 aliphatic carbocycles. The van der Waals surface area contributed by atoms with Crippen LogP contribution in [0.5, 0.6) is 0 Å². The molecular weight excluding hydrogens is 372 g/mol. The number of hydrogen-bond donors (Lipinski definition) is 0. The van der Waals surface area contributed by atoms with E-state index >= 15 is 0 Å². The van der Waals surface area contributed by atoms with Crippen molar-refractivity contribution >= 4 is 0 Å². The van der Waals surface area contributed by atoms with Crippen LogP contribution in [0.25, 0.3) is 0 Å². The van der Waals surface area contributed by atoms with Gasteiger partial charge in [-0.2, -0.15) is 0 Å². The zero-order valence-corrected chi connectivity index (χ0v) is 21.2. The fourth-order valence-electron chi connectivity index (χ4n) is 5.58. The van der Waals surface area contributed by atoms with Gasteiger partial charge in [-0.25, -0.2) is 0 Å². The normalized spacial score (nSPS) is 20.6. The second-order valence-electron chi connectivity index (χ2n) is 12.7. The molecule has 2 aromatic rings. The highest BCUT2D eigenvalue weighted by atomic mass is 14.6. The van der Waals surface area contributed by atoms with Gasteiger partial charge in [0.15, 0.2) is 0 Å². The molecule has 0 aliphatic heterocycles. The molecule has 0 saturated heterocycles. The van der Waals surface area contributed by atoms with Gasteiger partial charge in [-0.3, -0.25) is 0 Å². The summed E-state index contributed by atoms with van der Waals surface area (Å²) >= 11 is 0. The standard InChI is InChI=1S/C31H39/c1-20-19-25-27(30(8,9)10)26(20)31(25,23-15-11-21(12-16-23)28(2,3)4)24-17-13-22(14-18-24)29(5,6)7/h11-18,20H,1-10H3. The lowest BCUT2D eigenvalue weighted by molar-refractivity contribution is 0.448. The van der Waals surface area contributed by atoms with E-state index in [1.807, 2.05) is 0 Å². The number of allylic oxidation sites excluding steroid dienone is 4. The van der Waals surface area contributed by atoms with E-state index in [4.69, 9.17) is 0 Å². The summed E-state index contributed by atoms with van der Waals surface area (Å²) in [4.78, 5) is 0. The third-order valence-electron chi connectivity index (χ3n) is 7.21. The first kappa shape index (κ1) is 22.1. The molecule has 1 atom stereocenters. The average Bonchev–Trinajstić information content (AvgIpc) is 3.14. The first-order valence-corrected chi connectivity index (χ1v) is 11.8. The van der Waals surface area contributed by atoms with E-state index in [9.17, 15) is 0 Å². The summed E-state index contributed by atoms with van der Waals surface area (Å²) in [6, 6.07) is 18.8. The Hall–Kier alpha value is -2.08. The van der Waals surface area contributed by atoms with Gasteiger partial charge in [-0.05, 0) is 61.3 Å². The number of rotatable bonds is 2.